The first kappa shape index (κ1) is 22.7. The number of hydrogen-bond acceptors (Lipinski definition) is 6. The minimum Gasteiger partial charge on any atom is -0.378 e. The molecule has 2 heterocycles. The highest BCUT2D eigenvalue weighted by atomic mass is 19.4. The van der Waals surface area contributed by atoms with E-state index in [0.29, 0.717) is 24.6 Å². The van der Waals surface area contributed by atoms with Crippen molar-refractivity contribution in [2.75, 3.05) is 36.5 Å². The van der Waals surface area contributed by atoms with E-state index in [4.69, 9.17) is 10.1 Å². The highest BCUT2D eigenvalue weighted by Gasteiger charge is 2.36. The summed E-state index contributed by atoms with van der Waals surface area (Å²) in [6.07, 6.45) is -4.57. The van der Waals surface area contributed by atoms with Crippen LogP contribution in [-0.4, -0.2) is 36.5 Å². The Kier molecular flexibility index (Phi) is 6.08. The molecule has 0 saturated carbocycles. The Balaban J connectivity index is 1.74. The number of alkyl halides is 3. The molecule has 1 aliphatic rings. The van der Waals surface area contributed by atoms with Crippen molar-refractivity contribution in [2.24, 2.45) is 0 Å². The normalized spacial score (nSPS) is 15.4. The summed E-state index contributed by atoms with van der Waals surface area (Å²) in [5.41, 5.74) is 1.20. The van der Waals surface area contributed by atoms with Gasteiger partial charge in [-0.3, -0.25) is 0 Å². The van der Waals surface area contributed by atoms with E-state index in [1.165, 1.54) is 13.0 Å². The number of fused-ring (bicyclic) bond motifs is 1. The molecule has 1 fully saturated rings. The van der Waals surface area contributed by atoms with E-state index in [0.717, 1.165) is 41.3 Å². The van der Waals surface area contributed by atoms with Gasteiger partial charge in [0.15, 0.2) is 10.8 Å². The first-order valence-electron chi connectivity index (χ1n) is 10.6. The number of nitrogens with one attached hydrogen (secondary N) is 1. The molecule has 1 atom stereocenters. The van der Waals surface area contributed by atoms with Crippen LogP contribution in [0.3, 0.4) is 0 Å². The molecule has 0 aliphatic carbocycles. The summed E-state index contributed by atoms with van der Waals surface area (Å²) in [6, 6.07) is 7.75. The van der Waals surface area contributed by atoms with Crippen LogP contribution in [0.25, 0.3) is 15.7 Å². The van der Waals surface area contributed by atoms with Gasteiger partial charge in [-0.05, 0) is 44.0 Å². The van der Waals surface area contributed by atoms with E-state index in [2.05, 4.69) is 25.4 Å². The molecular formula is C23H24F3N6O+. The number of morpholine rings is 1. The van der Waals surface area contributed by atoms with Gasteiger partial charge >= 0.3 is 11.9 Å². The predicted octanol–water partition coefficient (Wildman–Crippen LogP) is 5.76. The van der Waals surface area contributed by atoms with Crippen LogP contribution in [0.4, 0.5) is 30.4 Å². The zero-order valence-corrected chi connectivity index (χ0v) is 18.6. The highest BCUT2D eigenvalue weighted by molar-refractivity contribution is 5.95. The molecule has 33 heavy (non-hydrogen) atoms. The molecule has 4 rings (SSSR count). The van der Waals surface area contributed by atoms with Gasteiger partial charge in [0.05, 0.1) is 30.5 Å². The van der Waals surface area contributed by atoms with Gasteiger partial charge in [0.2, 0.25) is 5.39 Å². The molecule has 2 aromatic carbocycles. The van der Waals surface area contributed by atoms with Crippen LogP contribution >= 0.6 is 0 Å². The molecule has 0 unspecified atom stereocenters. The molecule has 3 aromatic rings. The van der Waals surface area contributed by atoms with Crippen molar-refractivity contribution < 1.29 is 17.9 Å². The average molecular weight is 457 g/mol. The molecule has 0 bridgehead atoms. The second-order valence-electron chi connectivity index (χ2n) is 8.13. The van der Waals surface area contributed by atoms with Crippen LogP contribution in [0.1, 0.15) is 35.3 Å². The Morgan fingerprint density at radius 3 is 2.48 bits per heavy atom. The van der Waals surface area contributed by atoms with Crippen LogP contribution in [0.15, 0.2) is 30.3 Å². The number of nitrogens with zero attached hydrogens (tertiary/aromatic N) is 5. The number of aryl methyl sites for hydroxylation is 1. The number of rotatable bonds is 4. The topological polar surface area (TPSA) is 78.4 Å². The Morgan fingerprint density at radius 1 is 1.09 bits per heavy atom. The van der Waals surface area contributed by atoms with Crippen molar-refractivity contribution in [3.05, 3.63) is 57.7 Å². The van der Waals surface area contributed by atoms with Crippen LogP contribution in [0.5, 0.6) is 0 Å². The summed E-state index contributed by atoms with van der Waals surface area (Å²) >= 11 is 0. The lowest BCUT2D eigenvalue weighted by atomic mass is 9.96. The first-order chi connectivity index (χ1) is 15.7. The second-order valence-corrected chi connectivity index (χ2v) is 8.13. The van der Waals surface area contributed by atoms with Crippen LogP contribution in [0, 0.1) is 19.2 Å². The van der Waals surface area contributed by atoms with Crippen molar-refractivity contribution in [1.29, 1.82) is 5.39 Å². The molecule has 1 saturated heterocycles. The van der Waals surface area contributed by atoms with Crippen LogP contribution < -0.4 is 10.2 Å². The Labute approximate surface area is 189 Å². The minimum atomic E-state index is -4.57. The molecule has 172 valence electrons. The lowest BCUT2D eigenvalue weighted by molar-refractivity contribution is -0.138. The predicted molar refractivity (Wildman–Crippen MR) is 120 cm³/mol. The molecule has 1 aliphatic heterocycles. The summed E-state index contributed by atoms with van der Waals surface area (Å²) in [4.78, 5) is 5.21. The number of diazo groups is 1. The standard InChI is InChI=1S/C23H24F3N6O/c1-13-19(10-16(29-27)11-21(13)23(24,25)26)14(2)28-22-20-12-17(32-6-8-33-9-7-32)4-5-18(20)15(3)30-31-22/h4-5,10-12,14H,6-9H2,1-3H3,(H,28,31)/q+1/t14-/m1/s1. The van der Waals surface area contributed by atoms with Crippen molar-refractivity contribution in [2.45, 2.75) is 33.0 Å². The van der Waals surface area contributed by atoms with E-state index in [1.807, 2.05) is 25.1 Å². The van der Waals surface area contributed by atoms with Gasteiger partial charge in [-0.25, -0.2) is 0 Å². The molecule has 7 nitrogen and oxygen atoms in total. The average Bonchev–Trinajstić information content (AvgIpc) is 2.80. The van der Waals surface area contributed by atoms with Gasteiger partial charge in [0.25, 0.3) is 0 Å². The molecule has 0 radical (unpaired) electrons. The zero-order valence-electron chi connectivity index (χ0n) is 18.6. The van der Waals surface area contributed by atoms with Crippen LogP contribution in [0.2, 0.25) is 0 Å². The lowest BCUT2D eigenvalue weighted by Crippen LogP contribution is -2.36. The fourth-order valence-electron chi connectivity index (χ4n) is 4.21. The smallest absolute Gasteiger partial charge is 0.378 e. The number of ether oxygens (including phenoxy) is 1. The Morgan fingerprint density at radius 2 is 1.82 bits per heavy atom. The maximum absolute atomic E-state index is 13.5. The quantitative estimate of drug-likeness (QED) is 0.502. The Bertz CT molecular complexity index is 1230. The summed E-state index contributed by atoms with van der Waals surface area (Å²) in [7, 11) is 0. The van der Waals surface area contributed by atoms with Gasteiger partial charge in [-0.1, -0.05) is 6.07 Å². The van der Waals surface area contributed by atoms with Gasteiger partial charge in [-0.15, -0.1) is 5.10 Å². The van der Waals surface area contributed by atoms with Gasteiger partial charge in [0.1, 0.15) is 0 Å². The third kappa shape index (κ3) is 4.54. The van der Waals surface area contributed by atoms with Crippen molar-refractivity contribution in [1.82, 2.24) is 10.2 Å². The molecule has 0 amide bonds. The fourth-order valence-corrected chi connectivity index (χ4v) is 4.21. The van der Waals surface area contributed by atoms with E-state index in [-0.39, 0.29) is 11.3 Å². The van der Waals surface area contributed by atoms with E-state index >= 15 is 0 Å². The number of aromatic nitrogens is 2. The molecule has 0 spiro atoms. The maximum atomic E-state index is 13.5. The Hall–Kier alpha value is -3.45. The van der Waals surface area contributed by atoms with E-state index in [1.54, 1.807) is 6.92 Å². The number of anilines is 2. The fraction of sp³-hybridized carbons (Fsp3) is 0.391. The van der Waals surface area contributed by atoms with Crippen molar-refractivity contribution in [3.8, 4) is 0 Å². The third-order valence-corrected chi connectivity index (χ3v) is 6.00. The number of halogens is 3. The molecule has 1 N–H and O–H groups in total. The zero-order chi connectivity index (χ0) is 23.8. The van der Waals surface area contributed by atoms with E-state index < -0.39 is 17.8 Å². The van der Waals surface area contributed by atoms with Crippen LogP contribution in [-0.2, 0) is 10.9 Å². The van der Waals surface area contributed by atoms with Crippen molar-refractivity contribution >= 4 is 28.0 Å². The summed E-state index contributed by atoms with van der Waals surface area (Å²) in [5, 5.41) is 22.6. The number of benzene rings is 2. The molecule has 1 aromatic heterocycles. The minimum absolute atomic E-state index is 0.0632. The second kappa shape index (κ2) is 8.83. The first-order valence-corrected chi connectivity index (χ1v) is 10.6. The summed E-state index contributed by atoms with van der Waals surface area (Å²) < 4.78 is 46.0. The summed E-state index contributed by atoms with van der Waals surface area (Å²) in [6.45, 7) is 7.87. The largest absolute Gasteiger partial charge is 0.416 e. The van der Waals surface area contributed by atoms with E-state index in [9.17, 15) is 13.2 Å². The van der Waals surface area contributed by atoms with Gasteiger partial charge < -0.3 is 15.0 Å². The monoisotopic (exact) mass is 457 g/mol. The van der Waals surface area contributed by atoms with Gasteiger partial charge in [-0.2, -0.15) is 18.3 Å². The SMILES string of the molecule is Cc1c([C@@H](C)Nc2nnc(C)c3ccc(N4CCOCC4)cc23)cc([N+]#N)cc1C(F)(F)F. The third-order valence-electron chi connectivity index (χ3n) is 6.00. The highest BCUT2D eigenvalue weighted by Crippen LogP contribution is 2.39. The molecular weight excluding hydrogens is 433 g/mol. The molecule has 10 heteroatoms. The van der Waals surface area contributed by atoms with Gasteiger partial charge in [0, 0.05) is 41.7 Å². The number of hydrogen-bond donors (Lipinski definition) is 1. The maximum Gasteiger partial charge on any atom is 0.416 e. The lowest BCUT2D eigenvalue weighted by Gasteiger charge is -2.29. The summed E-state index contributed by atoms with van der Waals surface area (Å²) in [5.74, 6) is 0.470. The van der Waals surface area contributed by atoms with Crippen molar-refractivity contribution in [3.63, 3.8) is 0 Å².